The van der Waals surface area contributed by atoms with Crippen molar-refractivity contribution in [3.05, 3.63) is 0 Å². The van der Waals surface area contributed by atoms with Gasteiger partial charge in [0, 0.05) is 24.3 Å². The summed E-state index contributed by atoms with van der Waals surface area (Å²) in [7, 11) is 3.05. The average Bonchev–Trinajstić information content (AvgIpc) is 1.80. The van der Waals surface area contributed by atoms with Gasteiger partial charge in [0.25, 0.3) is 9.24 Å². The van der Waals surface area contributed by atoms with Crippen LogP contribution in [0.1, 0.15) is 20.3 Å². The van der Waals surface area contributed by atoms with Crippen molar-refractivity contribution in [2.45, 2.75) is 20.3 Å². The smallest absolute Gasteiger partial charge is 0.195 e. The average molecular weight is 200 g/mol. The number of halogens is 1. The van der Waals surface area contributed by atoms with Crippen LogP contribution >= 0.6 is 10.7 Å². The monoisotopic (exact) mass is 199 g/mol. The number of hydrogen-bond donors (Lipinski definition) is 0. The molecule has 0 N–H and O–H groups in total. The first-order valence-electron chi connectivity index (χ1n) is 3.50. The Kier molecular flexibility index (Phi) is 4.36. The van der Waals surface area contributed by atoms with Gasteiger partial charge in [-0.05, 0) is 12.3 Å². The van der Waals surface area contributed by atoms with Crippen LogP contribution in [0, 0.1) is 5.92 Å². The number of nitrogens with zero attached hydrogens (tertiary/aromatic N) is 1. The molecule has 0 bridgehead atoms. The third-order valence-electron chi connectivity index (χ3n) is 1.39. The third-order valence-corrected chi connectivity index (χ3v) is 3.03. The number of hydrogen-bond acceptors (Lipinski definition) is 2. The Morgan fingerprint density at radius 3 is 2.18 bits per heavy atom. The number of rotatable bonds is 4. The van der Waals surface area contributed by atoms with Gasteiger partial charge in [0.05, 0.1) is 0 Å². The summed E-state index contributed by atoms with van der Waals surface area (Å²) < 4.78 is 22.4. The van der Waals surface area contributed by atoms with Crippen molar-refractivity contribution in [1.82, 2.24) is 4.31 Å². The van der Waals surface area contributed by atoms with Crippen LogP contribution in [0.2, 0.25) is 0 Å². The summed E-state index contributed by atoms with van der Waals surface area (Å²) in [5, 5.41) is 0. The molecule has 5 heteroatoms. The fourth-order valence-corrected chi connectivity index (χ4v) is 1.08. The van der Waals surface area contributed by atoms with Gasteiger partial charge >= 0.3 is 0 Å². The highest BCUT2D eigenvalue weighted by Crippen LogP contribution is 2.07. The molecule has 0 amide bonds. The Morgan fingerprint density at radius 2 is 1.91 bits per heavy atom. The lowest BCUT2D eigenvalue weighted by molar-refractivity contribution is 0.436. The molecule has 3 nitrogen and oxygen atoms in total. The standard InChI is InChI=1S/C6H14ClNO2S/c1-6(2)4-5-8(3)11(7,9)10/h6H,4-5H2,1-3H3. The fourth-order valence-electron chi connectivity index (χ4n) is 0.549. The van der Waals surface area contributed by atoms with Gasteiger partial charge in [-0.2, -0.15) is 12.7 Å². The van der Waals surface area contributed by atoms with E-state index < -0.39 is 9.24 Å². The van der Waals surface area contributed by atoms with Crippen molar-refractivity contribution in [2.24, 2.45) is 5.92 Å². The van der Waals surface area contributed by atoms with E-state index in [1.165, 1.54) is 7.05 Å². The van der Waals surface area contributed by atoms with Crippen LogP contribution in [-0.2, 0) is 9.24 Å². The molecule has 0 unspecified atom stereocenters. The van der Waals surface area contributed by atoms with Crippen LogP contribution in [0.5, 0.6) is 0 Å². The van der Waals surface area contributed by atoms with E-state index in [1.54, 1.807) is 0 Å². The van der Waals surface area contributed by atoms with Crippen LogP contribution in [0.4, 0.5) is 0 Å². The van der Waals surface area contributed by atoms with Crippen LogP contribution in [0.15, 0.2) is 0 Å². The van der Waals surface area contributed by atoms with Crippen molar-refractivity contribution in [1.29, 1.82) is 0 Å². The zero-order valence-electron chi connectivity index (χ0n) is 7.04. The molecule has 0 saturated heterocycles. The molecule has 0 fully saturated rings. The molecule has 68 valence electrons. The predicted octanol–water partition coefficient (Wildman–Crippen LogP) is 1.45. The zero-order valence-corrected chi connectivity index (χ0v) is 8.61. The zero-order chi connectivity index (χ0) is 9.07. The molecule has 0 aromatic carbocycles. The summed E-state index contributed by atoms with van der Waals surface area (Å²) in [4.78, 5) is 0. The predicted molar refractivity (Wildman–Crippen MR) is 46.9 cm³/mol. The Morgan fingerprint density at radius 1 is 1.45 bits per heavy atom. The van der Waals surface area contributed by atoms with E-state index >= 15 is 0 Å². The quantitative estimate of drug-likeness (QED) is 0.643. The minimum Gasteiger partial charge on any atom is -0.195 e. The van der Waals surface area contributed by atoms with Gasteiger partial charge in [-0.15, -0.1) is 0 Å². The topological polar surface area (TPSA) is 37.4 Å². The second kappa shape index (κ2) is 4.28. The largest absolute Gasteiger partial charge is 0.299 e. The lowest BCUT2D eigenvalue weighted by atomic mass is 10.1. The van der Waals surface area contributed by atoms with E-state index in [0.717, 1.165) is 10.7 Å². The second-order valence-corrected chi connectivity index (χ2v) is 5.56. The molecule has 0 saturated carbocycles. The maximum absolute atomic E-state index is 10.6. The molecule has 0 aliphatic heterocycles. The van der Waals surface area contributed by atoms with Gasteiger partial charge in [-0.25, -0.2) is 0 Å². The lowest BCUT2D eigenvalue weighted by Gasteiger charge is -2.12. The van der Waals surface area contributed by atoms with Gasteiger partial charge in [0.2, 0.25) is 0 Å². The molecule has 0 aromatic heterocycles. The first-order chi connectivity index (χ1) is 4.84. The van der Waals surface area contributed by atoms with Gasteiger partial charge in [0.15, 0.2) is 0 Å². The Hall–Kier alpha value is 0.200. The molecular weight excluding hydrogens is 186 g/mol. The second-order valence-electron chi connectivity index (χ2n) is 2.95. The van der Waals surface area contributed by atoms with E-state index in [4.69, 9.17) is 10.7 Å². The summed E-state index contributed by atoms with van der Waals surface area (Å²) in [5.74, 6) is 0.496. The molecular formula is C6H14ClNO2S. The highest BCUT2D eigenvalue weighted by molar-refractivity contribution is 8.11. The SMILES string of the molecule is CC(C)CCN(C)S(=O)(=O)Cl. The molecule has 0 radical (unpaired) electrons. The Bertz CT molecular complexity index is 201. The van der Waals surface area contributed by atoms with E-state index in [-0.39, 0.29) is 0 Å². The van der Waals surface area contributed by atoms with Crippen molar-refractivity contribution in [3.8, 4) is 0 Å². The van der Waals surface area contributed by atoms with E-state index in [9.17, 15) is 8.42 Å². The summed E-state index contributed by atoms with van der Waals surface area (Å²) in [5.41, 5.74) is 0. The van der Waals surface area contributed by atoms with Gasteiger partial charge in [-0.1, -0.05) is 13.8 Å². The molecule has 0 rings (SSSR count). The van der Waals surface area contributed by atoms with Crippen molar-refractivity contribution >= 4 is 19.9 Å². The maximum atomic E-state index is 10.6. The molecule has 0 aliphatic carbocycles. The molecule has 0 heterocycles. The Labute approximate surface area is 72.9 Å². The van der Waals surface area contributed by atoms with Crippen LogP contribution in [0.3, 0.4) is 0 Å². The highest BCUT2D eigenvalue weighted by atomic mass is 35.7. The van der Waals surface area contributed by atoms with E-state index in [0.29, 0.717) is 12.5 Å². The fraction of sp³-hybridized carbons (Fsp3) is 1.00. The Balaban J connectivity index is 3.81. The maximum Gasteiger partial charge on any atom is 0.299 e. The van der Waals surface area contributed by atoms with Crippen LogP contribution < -0.4 is 0 Å². The summed E-state index contributed by atoms with van der Waals surface area (Å²) in [6.07, 6.45) is 0.836. The summed E-state index contributed by atoms with van der Waals surface area (Å²) >= 11 is 0. The summed E-state index contributed by atoms with van der Waals surface area (Å²) in [6.45, 7) is 4.56. The molecule has 0 atom stereocenters. The highest BCUT2D eigenvalue weighted by Gasteiger charge is 2.12. The lowest BCUT2D eigenvalue weighted by Crippen LogP contribution is -2.24. The molecule has 11 heavy (non-hydrogen) atoms. The van der Waals surface area contributed by atoms with E-state index in [1.807, 2.05) is 13.8 Å². The van der Waals surface area contributed by atoms with Crippen LogP contribution in [-0.4, -0.2) is 26.3 Å². The molecule has 0 spiro atoms. The van der Waals surface area contributed by atoms with Crippen molar-refractivity contribution in [2.75, 3.05) is 13.6 Å². The van der Waals surface area contributed by atoms with E-state index in [2.05, 4.69) is 0 Å². The van der Waals surface area contributed by atoms with Gasteiger partial charge in [0.1, 0.15) is 0 Å². The normalized spacial score (nSPS) is 12.9. The summed E-state index contributed by atoms with van der Waals surface area (Å²) in [6, 6.07) is 0. The minimum atomic E-state index is -3.49. The molecule has 0 aromatic rings. The first kappa shape index (κ1) is 11.2. The first-order valence-corrected chi connectivity index (χ1v) is 5.76. The third kappa shape index (κ3) is 5.47. The molecule has 0 aliphatic rings. The minimum absolute atomic E-state index is 0.490. The van der Waals surface area contributed by atoms with Gasteiger partial charge < -0.3 is 0 Å². The van der Waals surface area contributed by atoms with Crippen molar-refractivity contribution in [3.63, 3.8) is 0 Å². The van der Waals surface area contributed by atoms with Crippen LogP contribution in [0.25, 0.3) is 0 Å². The van der Waals surface area contributed by atoms with Gasteiger partial charge in [-0.3, -0.25) is 0 Å². The van der Waals surface area contributed by atoms with Crippen molar-refractivity contribution < 1.29 is 8.42 Å².